The predicted molar refractivity (Wildman–Crippen MR) is 104 cm³/mol. The molecule has 5 heteroatoms. The zero-order chi connectivity index (χ0) is 18.4. The number of anilines is 1. The summed E-state index contributed by atoms with van der Waals surface area (Å²) in [6.07, 6.45) is 4.31. The molecule has 0 atom stereocenters. The molecule has 26 heavy (non-hydrogen) atoms. The van der Waals surface area contributed by atoms with Crippen LogP contribution in [0.3, 0.4) is 0 Å². The van der Waals surface area contributed by atoms with E-state index in [1.165, 1.54) is 18.4 Å². The second-order valence-electron chi connectivity index (χ2n) is 7.01. The van der Waals surface area contributed by atoms with Crippen LogP contribution in [0.2, 0.25) is 0 Å². The average molecular weight is 353 g/mol. The molecular formula is C21H27N3O2. The van der Waals surface area contributed by atoms with Crippen LogP contribution in [-0.2, 0) is 11.3 Å². The summed E-state index contributed by atoms with van der Waals surface area (Å²) in [6.45, 7) is 6.91. The second kappa shape index (κ2) is 8.70. The van der Waals surface area contributed by atoms with Gasteiger partial charge in [-0.1, -0.05) is 32.0 Å². The number of nitrogens with zero attached hydrogens (tertiary/aromatic N) is 2. The first-order valence-electron chi connectivity index (χ1n) is 9.31. The fraction of sp³-hybridized carbons (Fsp3) is 0.429. The van der Waals surface area contributed by atoms with Gasteiger partial charge in [0, 0.05) is 25.8 Å². The number of aromatic nitrogens is 1. The van der Waals surface area contributed by atoms with E-state index < -0.39 is 0 Å². The monoisotopic (exact) mass is 353 g/mol. The summed E-state index contributed by atoms with van der Waals surface area (Å²) < 4.78 is 5.60. The molecule has 1 amide bonds. The van der Waals surface area contributed by atoms with Crippen LogP contribution in [0.15, 0.2) is 42.6 Å². The van der Waals surface area contributed by atoms with Crippen LogP contribution in [0.5, 0.6) is 5.75 Å². The van der Waals surface area contributed by atoms with Gasteiger partial charge in [0.05, 0.1) is 0 Å². The molecule has 1 aliphatic rings. The molecule has 1 saturated heterocycles. The van der Waals surface area contributed by atoms with E-state index in [9.17, 15) is 4.79 Å². The molecule has 138 valence electrons. The maximum atomic E-state index is 12.0. The summed E-state index contributed by atoms with van der Waals surface area (Å²) in [7, 11) is 0. The van der Waals surface area contributed by atoms with Gasteiger partial charge in [0.1, 0.15) is 11.6 Å². The van der Waals surface area contributed by atoms with E-state index in [0.29, 0.717) is 12.5 Å². The van der Waals surface area contributed by atoms with Crippen LogP contribution in [-0.4, -0.2) is 30.6 Å². The zero-order valence-electron chi connectivity index (χ0n) is 15.6. The highest BCUT2D eigenvalue weighted by Gasteiger charge is 2.13. The van der Waals surface area contributed by atoms with Gasteiger partial charge in [-0.05, 0) is 48.1 Å². The second-order valence-corrected chi connectivity index (χ2v) is 7.01. The molecule has 5 nitrogen and oxygen atoms in total. The molecule has 1 aromatic heterocycles. The minimum atomic E-state index is -0.136. The standard InChI is InChI=1S/C21H27N3O2/c1-16(2)18-6-5-7-19(12-18)26-15-21(25)23-14-17-8-9-20(22-13-17)24-10-3-4-11-24/h5-9,12-13,16H,3-4,10-11,14-15H2,1-2H3,(H,23,25). The molecule has 1 aromatic carbocycles. The van der Waals surface area contributed by atoms with E-state index in [4.69, 9.17) is 4.74 Å². The average Bonchev–Trinajstić information content (AvgIpc) is 3.20. The Hall–Kier alpha value is -2.56. The third kappa shape index (κ3) is 4.97. The molecule has 1 aliphatic heterocycles. The summed E-state index contributed by atoms with van der Waals surface area (Å²) in [6, 6.07) is 11.9. The number of benzene rings is 1. The van der Waals surface area contributed by atoms with Gasteiger partial charge >= 0.3 is 0 Å². The van der Waals surface area contributed by atoms with Gasteiger partial charge in [-0.2, -0.15) is 0 Å². The van der Waals surface area contributed by atoms with E-state index in [2.05, 4.69) is 35.1 Å². The van der Waals surface area contributed by atoms with Crippen molar-refractivity contribution in [2.75, 3.05) is 24.6 Å². The minimum absolute atomic E-state index is 0.0147. The molecule has 0 radical (unpaired) electrons. The largest absolute Gasteiger partial charge is 0.484 e. The van der Waals surface area contributed by atoms with Gasteiger partial charge in [0.25, 0.3) is 5.91 Å². The van der Waals surface area contributed by atoms with Crippen LogP contribution >= 0.6 is 0 Å². The van der Waals surface area contributed by atoms with Crippen molar-refractivity contribution in [1.29, 1.82) is 0 Å². The smallest absolute Gasteiger partial charge is 0.258 e. The molecule has 0 aliphatic carbocycles. The fourth-order valence-corrected chi connectivity index (χ4v) is 3.02. The zero-order valence-corrected chi connectivity index (χ0v) is 15.6. The summed E-state index contributed by atoms with van der Waals surface area (Å²) in [5.74, 6) is 2.04. The molecule has 2 aromatic rings. The Morgan fingerprint density at radius 2 is 2.04 bits per heavy atom. The van der Waals surface area contributed by atoms with Crippen molar-refractivity contribution in [2.24, 2.45) is 0 Å². The number of ether oxygens (including phenoxy) is 1. The maximum Gasteiger partial charge on any atom is 0.258 e. The Balaban J connectivity index is 1.44. The van der Waals surface area contributed by atoms with Gasteiger partial charge in [0.15, 0.2) is 6.61 Å². The van der Waals surface area contributed by atoms with Gasteiger partial charge in [-0.15, -0.1) is 0 Å². The first-order valence-corrected chi connectivity index (χ1v) is 9.31. The first-order chi connectivity index (χ1) is 12.6. The molecule has 0 unspecified atom stereocenters. The highest BCUT2D eigenvalue weighted by molar-refractivity contribution is 5.77. The lowest BCUT2D eigenvalue weighted by Crippen LogP contribution is -2.28. The van der Waals surface area contributed by atoms with Crippen LogP contribution in [0.25, 0.3) is 0 Å². The van der Waals surface area contributed by atoms with Gasteiger partial charge in [-0.3, -0.25) is 4.79 Å². The Bertz CT molecular complexity index is 722. The van der Waals surface area contributed by atoms with Gasteiger partial charge < -0.3 is 15.0 Å². The van der Waals surface area contributed by atoms with Crippen molar-refractivity contribution in [3.05, 3.63) is 53.7 Å². The summed E-state index contributed by atoms with van der Waals surface area (Å²) >= 11 is 0. The topological polar surface area (TPSA) is 54.5 Å². The molecular weight excluding hydrogens is 326 g/mol. The lowest BCUT2D eigenvalue weighted by Gasteiger charge is -2.16. The van der Waals surface area contributed by atoms with Crippen molar-refractivity contribution >= 4 is 11.7 Å². The number of carbonyl (C=O) groups excluding carboxylic acids is 1. The fourth-order valence-electron chi connectivity index (χ4n) is 3.02. The third-order valence-electron chi connectivity index (χ3n) is 4.62. The number of hydrogen-bond donors (Lipinski definition) is 1. The lowest BCUT2D eigenvalue weighted by molar-refractivity contribution is -0.123. The lowest BCUT2D eigenvalue weighted by atomic mass is 10.0. The van der Waals surface area contributed by atoms with E-state index in [-0.39, 0.29) is 12.5 Å². The number of amides is 1. The van der Waals surface area contributed by atoms with Crippen molar-refractivity contribution in [3.8, 4) is 5.75 Å². The SMILES string of the molecule is CC(C)c1cccc(OCC(=O)NCc2ccc(N3CCCC3)nc2)c1. The maximum absolute atomic E-state index is 12.0. The number of carbonyl (C=O) groups is 1. The van der Waals surface area contributed by atoms with Crippen molar-refractivity contribution in [1.82, 2.24) is 10.3 Å². The van der Waals surface area contributed by atoms with Gasteiger partial charge in [-0.25, -0.2) is 4.98 Å². The normalized spacial score (nSPS) is 13.9. The Labute approximate surface area is 155 Å². The van der Waals surface area contributed by atoms with Crippen LogP contribution < -0.4 is 15.0 Å². The van der Waals surface area contributed by atoms with Gasteiger partial charge in [0.2, 0.25) is 0 Å². The molecule has 2 heterocycles. The first kappa shape index (κ1) is 18.2. The van der Waals surface area contributed by atoms with Crippen molar-refractivity contribution in [3.63, 3.8) is 0 Å². The van der Waals surface area contributed by atoms with E-state index >= 15 is 0 Å². The van der Waals surface area contributed by atoms with Crippen LogP contribution in [0.1, 0.15) is 43.7 Å². The number of pyridine rings is 1. The third-order valence-corrected chi connectivity index (χ3v) is 4.62. The summed E-state index contributed by atoms with van der Waals surface area (Å²) in [4.78, 5) is 18.8. The highest BCUT2D eigenvalue weighted by Crippen LogP contribution is 2.20. The van der Waals surface area contributed by atoms with E-state index in [1.54, 1.807) is 0 Å². The number of hydrogen-bond acceptors (Lipinski definition) is 4. The van der Waals surface area contributed by atoms with Crippen LogP contribution in [0, 0.1) is 0 Å². The summed E-state index contributed by atoms with van der Waals surface area (Å²) in [5, 5.41) is 2.88. The minimum Gasteiger partial charge on any atom is -0.484 e. The molecule has 1 fully saturated rings. The Morgan fingerprint density at radius 1 is 1.23 bits per heavy atom. The summed E-state index contributed by atoms with van der Waals surface area (Å²) in [5.41, 5.74) is 2.19. The van der Waals surface area contributed by atoms with Crippen molar-refractivity contribution in [2.45, 2.75) is 39.2 Å². The Kier molecular flexibility index (Phi) is 6.10. The molecule has 0 spiro atoms. The van der Waals surface area contributed by atoms with E-state index in [0.717, 1.165) is 30.2 Å². The van der Waals surface area contributed by atoms with Crippen LogP contribution in [0.4, 0.5) is 5.82 Å². The van der Waals surface area contributed by atoms with E-state index in [1.807, 2.05) is 36.5 Å². The molecule has 3 rings (SSSR count). The Morgan fingerprint density at radius 3 is 2.73 bits per heavy atom. The molecule has 0 bridgehead atoms. The number of nitrogens with one attached hydrogen (secondary N) is 1. The molecule has 0 saturated carbocycles. The number of rotatable bonds is 7. The predicted octanol–water partition coefficient (Wildman–Crippen LogP) is 3.50. The molecule has 1 N–H and O–H groups in total. The van der Waals surface area contributed by atoms with Crippen molar-refractivity contribution < 1.29 is 9.53 Å². The quantitative estimate of drug-likeness (QED) is 0.828. The highest BCUT2D eigenvalue weighted by atomic mass is 16.5.